The summed E-state index contributed by atoms with van der Waals surface area (Å²) in [5.74, 6) is -0.809. The molecule has 1 aromatic carbocycles. The van der Waals surface area contributed by atoms with Gasteiger partial charge >= 0.3 is 0 Å². The average molecular weight is 559 g/mol. The van der Waals surface area contributed by atoms with E-state index >= 15 is 8.78 Å². The van der Waals surface area contributed by atoms with E-state index in [1.165, 1.54) is 43.6 Å². The fourth-order valence-electron chi connectivity index (χ4n) is 5.59. The number of nitrogens with zero attached hydrogens (tertiary/aromatic N) is 5. The average Bonchev–Trinajstić information content (AvgIpc) is 3.55. The van der Waals surface area contributed by atoms with Crippen LogP contribution in [0.15, 0.2) is 36.8 Å². The number of rotatable bonds is 6. The number of H-pyrrole nitrogens is 1. The number of halogens is 4. The molecule has 38 heavy (non-hydrogen) atoms. The highest BCUT2D eigenvalue weighted by Crippen LogP contribution is 2.39. The van der Waals surface area contributed by atoms with E-state index in [1.54, 1.807) is 13.0 Å². The molecule has 198 valence electrons. The molecule has 2 fully saturated rings. The highest BCUT2D eigenvalue weighted by molar-refractivity contribution is 6.35. The van der Waals surface area contributed by atoms with E-state index in [4.69, 9.17) is 27.9 Å². The fraction of sp³-hybridized carbons (Fsp3) is 0.370. The van der Waals surface area contributed by atoms with E-state index in [9.17, 15) is 0 Å². The number of anilines is 1. The van der Waals surface area contributed by atoms with Gasteiger partial charge in [0.25, 0.3) is 0 Å². The summed E-state index contributed by atoms with van der Waals surface area (Å²) in [7, 11) is 0. The van der Waals surface area contributed by atoms with Crippen LogP contribution in [0.25, 0.3) is 22.2 Å². The molecular weight excluding hydrogens is 533 g/mol. The number of hydrogen-bond donors (Lipinski definition) is 1. The molecule has 0 bridgehead atoms. The maximum atomic E-state index is 15.7. The SMILES string of the molecule is C[C@@H](Oc1ccc2[nH]nc(-c3cnc(N4CC(C)(N5CCCC5)C4)c(F)c3)c2c1F)c1c(Cl)cncc1Cl. The van der Waals surface area contributed by atoms with Gasteiger partial charge in [0.05, 0.1) is 26.5 Å². The minimum absolute atomic E-state index is 0.0107. The predicted octanol–water partition coefficient (Wildman–Crippen LogP) is 6.42. The number of pyridine rings is 2. The van der Waals surface area contributed by atoms with Crippen molar-refractivity contribution < 1.29 is 13.5 Å². The topological polar surface area (TPSA) is 70.2 Å². The zero-order valence-electron chi connectivity index (χ0n) is 20.9. The lowest BCUT2D eigenvalue weighted by molar-refractivity contribution is 0.100. The molecule has 1 atom stereocenters. The molecule has 0 unspecified atom stereocenters. The van der Waals surface area contributed by atoms with Gasteiger partial charge in [0, 0.05) is 42.8 Å². The molecule has 6 rings (SSSR count). The first-order valence-electron chi connectivity index (χ1n) is 12.5. The van der Waals surface area contributed by atoms with Gasteiger partial charge in [-0.2, -0.15) is 5.10 Å². The second-order valence-corrected chi connectivity index (χ2v) is 11.0. The van der Waals surface area contributed by atoms with Gasteiger partial charge in [0.15, 0.2) is 23.2 Å². The molecular formula is C27H26Cl2F2N6O. The summed E-state index contributed by atoms with van der Waals surface area (Å²) >= 11 is 12.5. The number of likely N-dealkylation sites (tertiary alicyclic amines) is 1. The lowest BCUT2D eigenvalue weighted by atomic mass is 9.90. The van der Waals surface area contributed by atoms with Crippen LogP contribution in [0.2, 0.25) is 10.0 Å². The predicted molar refractivity (Wildman–Crippen MR) is 144 cm³/mol. The molecule has 0 saturated carbocycles. The van der Waals surface area contributed by atoms with Gasteiger partial charge in [0.1, 0.15) is 11.8 Å². The van der Waals surface area contributed by atoms with E-state index in [0.29, 0.717) is 32.5 Å². The summed E-state index contributed by atoms with van der Waals surface area (Å²) in [5.41, 5.74) is 1.61. The number of ether oxygens (including phenoxy) is 1. The van der Waals surface area contributed by atoms with Crippen molar-refractivity contribution >= 4 is 39.9 Å². The second kappa shape index (κ2) is 9.63. The van der Waals surface area contributed by atoms with E-state index in [2.05, 4.69) is 32.0 Å². The van der Waals surface area contributed by atoms with Crippen LogP contribution in [0.3, 0.4) is 0 Å². The number of fused-ring (bicyclic) bond motifs is 1. The Labute approximate surface area is 228 Å². The van der Waals surface area contributed by atoms with Gasteiger partial charge in [-0.3, -0.25) is 15.0 Å². The summed E-state index contributed by atoms with van der Waals surface area (Å²) < 4.78 is 36.9. The molecule has 2 aliphatic rings. The molecule has 0 amide bonds. The Morgan fingerprint density at radius 3 is 2.47 bits per heavy atom. The Kier molecular flexibility index (Phi) is 6.40. The molecule has 3 aromatic heterocycles. The van der Waals surface area contributed by atoms with Crippen molar-refractivity contribution in [3.05, 3.63) is 64.0 Å². The Bertz CT molecular complexity index is 1500. The number of benzene rings is 1. The lowest BCUT2D eigenvalue weighted by Crippen LogP contribution is -2.68. The molecule has 1 N–H and O–H groups in total. The van der Waals surface area contributed by atoms with Crippen molar-refractivity contribution in [2.45, 2.75) is 38.3 Å². The van der Waals surface area contributed by atoms with Crippen molar-refractivity contribution in [1.29, 1.82) is 0 Å². The molecule has 2 saturated heterocycles. The van der Waals surface area contributed by atoms with Crippen molar-refractivity contribution in [1.82, 2.24) is 25.1 Å². The molecule has 11 heteroatoms. The van der Waals surface area contributed by atoms with Crippen LogP contribution < -0.4 is 9.64 Å². The zero-order chi connectivity index (χ0) is 26.6. The summed E-state index contributed by atoms with van der Waals surface area (Å²) in [5, 5.41) is 7.90. The first-order valence-corrected chi connectivity index (χ1v) is 13.3. The van der Waals surface area contributed by atoms with Crippen molar-refractivity contribution in [2.75, 3.05) is 31.1 Å². The van der Waals surface area contributed by atoms with Crippen LogP contribution in [-0.4, -0.2) is 56.8 Å². The standard InChI is InChI=1S/C27H26Cl2F2N6O/c1-15(22-17(28)11-32-12-18(22)29)38-21-6-5-20-23(24(21)31)25(35-34-20)16-9-19(30)26(33-10-16)36-13-27(2,14-36)37-7-3-4-8-37/h5-6,9-12,15H,3-4,7-8,13-14H2,1-2H3,(H,34,35)/t15-/m1/s1. The highest BCUT2D eigenvalue weighted by Gasteiger charge is 2.45. The largest absolute Gasteiger partial charge is 0.483 e. The number of aromatic nitrogens is 4. The second-order valence-electron chi connectivity index (χ2n) is 10.2. The van der Waals surface area contributed by atoms with Crippen LogP contribution in [-0.2, 0) is 0 Å². The van der Waals surface area contributed by atoms with E-state index in [1.807, 2.05) is 4.90 Å². The van der Waals surface area contributed by atoms with Crippen LogP contribution >= 0.6 is 23.2 Å². The smallest absolute Gasteiger partial charge is 0.176 e. The third-order valence-corrected chi connectivity index (χ3v) is 8.16. The fourth-order valence-corrected chi connectivity index (χ4v) is 6.26. The maximum Gasteiger partial charge on any atom is 0.176 e. The van der Waals surface area contributed by atoms with Crippen molar-refractivity contribution in [3.63, 3.8) is 0 Å². The lowest BCUT2D eigenvalue weighted by Gasteiger charge is -2.53. The Balaban J connectivity index is 1.27. The van der Waals surface area contributed by atoms with E-state index in [0.717, 1.165) is 26.2 Å². The summed E-state index contributed by atoms with van der Waals surface area (Å²) in [4.78, 5) is 12.8. The summed E-state index contributed by atoms with van der Waals surface area (Å²) in [6.45, 7) is 7.56. The molecule has 7 nitrogen and oxygen atoms in total. The van der Waals surface area contributed by atoms with Gasteiger partial charge in [-0.05, 0) is 58.0 Å². The van der Waals surface area contributed by atoms with E-state index < -0.39 is 17.7 Å². The van der Waals surface area contributed by atoms with Gasteiger partial charge in [-0.25, -0.2) is 13.8 Å². The molecule has 4 aromatic rings. The minimum Gasteiger partial charge on any atom is -0.483 e. The number of nitrogens with one attached hydrogen (secondary N) is 1. The normalized spacial score (nSPS) is 18.1. The van der Waals surface area contributed by atoms with Gasteiger partial charge in [0.2, 0.25) is 0 Å². The van der Waals surface area contributed by atoms with Crippen molar-refractivity contribution in [2.24, 2.45) is 0 Å². The quantitative estimate of drug-likeness (QED) is 0.294. The Morgan fingerprint density at radius 2 is 1.79 bits per heavy atom. The first kappa shape index (κ1) is 25.3. The molecule has 0 aliphatic carbocycles. The highest BCUT2D eigenvalue weighted by atomic mass is 35.5. The van der Waals surface area contributed by atoms with Gasteiger partial charge in [-0.15, -0.1) is 0 Å². The van der Waals surface area contributed by atoms with Gasteiger partial charge in [-0.1, -0.05) is 23.2 Å². The Hall–Kier alpha value is -3.01. The summed E-state index contributed by atoms with van der Waals surface area (Å²) in [6.07, 6.45) is 6.21. The third-order valence-electron chi connectivity index (χ3n) is 7.56. The van der Waals surface area contributed by atoms with Crippen LogP contribution in [0.1, 0.15) is 38.4 Å². The van der Waals surface area contributed by atoms with Crippen LogP contribution in [0.4, 0.5) is 14.6 Å². The van der Waals surface area contributed by atoms with E-state index in [-0.39, 0.29) is 22.4 Å². The number of hydrogen-bond acceptors (Lipinski definition) is 6. The molecule has 5 heterocycles. The third kappa shape index (κ3) is 4.26. The maximum absolute atomic E-state index is 15.7. The van der Waals surface area contributed by atoms with Crippen molar-refractivity contribution in [3.8, 4) is 17.0 Å². The molecule has 2 aliphatic heterocycles. The summed E-state index contributed by atoms with van der Waals surface area (Å²) in [6, 6.07) is 4.52. The van der Waals surface area contributed by atoms with Gasteiger partial charge < -0.3 is 9.64 Å². The molecule has 0 radical (unpaired) electrons. The molecule has 0 spiro atoms. The van der Waals surface area contributed by atoms with Crippen LogP contribution in [0.5, 0.6) is 5.75 Å². The first-order chi connectivity index (χ1) is 18.2. The Morgan fingerprint density at radius 1 is 1.08 bits per heavy atom. The monoisotopic (exact) mass is 558 g/mol. The zero-order valence-corrected chi connectivity index (χ0v) is 22.5. The van der Waals surface area contributed by atoms with Crippen LogP contribution in [0, 0.1) is 11.6 Å². The number of aromatic amines is 1. The minimum atomic E-state index is -0.651.